The highest BCUT2D eigenvalue weighted by molar-refractivity contribution is 7.18. The Hall–Kier alpha value is -3.21. The van der Waals surface area contributed by atoms with Crippen LogP contribution in [0.4, 0.5) is 9.52 Å². The van der Waals surface area contributed by atoms with E-state index in [2.05, 4.69) is 15.3 Å². The summed E-state index contributed by atoms with van der Waals surface area (Å²) in [6.07, 6.45) is 3.68. The van der Waals surface area contributed by atoms with Gasteiger partial charge in [0, 0.05) is 33.3 Å². The van der Waals surface area contributed by atoms with Gasteiger partial charge >= 0.3 is 0 Å². The van der Waals surface area contributed by atoms with Crippen LogP contribution in [0.1, 0.15) is 10.4 Å². The van der Waals surface area contributed by atoms with Gasteiger partial charge in [0.15, 0.2) is 5.13 Å². The fraction of sp³-hybridized carbons (Fsp3) is 0.0909. The number of rotatable bonds is 6. The molecule has 0 atom stereocenters. The zero-order chi connectivity index (χ0) is 22.1. The Balaban J connectivity index is 1.31. The molecule has 0 aliphatic carbocycles. The van der Waals surface area contributed by atoms with Gasteiger partial charge in [0.25, 0.3) is 5.56 Å². The molecule has 160 valence electrons. The van der Waals surface area contributed by atoms with Gasteiger partial charge in [0.2, 0.25) is 5.91 Å². The molecule has 10 heteroatoms. The van der Waals surface area contributed by atoms with Crippen LogP contribution in [0.5, 0.6) is 0 Å². The molecule has 1 amide bonds. The number of carbonyl (C=O) groups excluding carboxylic acids is 1. The first-order chi connectivity index (χ1) is 15.6. The second-order valence-electron chi connectivity index (χ2n) is 6.97. The molecule has 32 heavy (non-hydrogen) atoms. The second-order valence-corrected chi connectivity index (χ2v) is 9.89. The topological polar surface area (TPSA) is 76.9 Å². The second kappa shape index (κ2) is 8.73. The third-order valence-corrected chi connectivity index (χ3v) is 7.46. The molecule has 0 saturated heterocycles. The van der Waals surface area contributed by atoms with Crippen molar-refractivity contribution >= 4 is 55.3 Å². The Kier molecular flexibility index (Phi) is 5.64. The number of hydrogen-bond acceptors (Lipinski definition) is 7. The summed E-state index contributed by atoms with van der Waals surface area (Å²) >= 11 is 4.31. The molecule has 0 fully saturated rings. The summed E-state index contributed by atoms with van der Waals surface area (Å²) in [5.41, 5.74) is 1.56. The van der Waals surface area contributed by atoms with Gasteiger partial charge in [-0.1, -0.05) is 18.2 Å². The number of nitrogens with zero attached hydrogens (tertiary/aromatic N) is 3. The van der Waals surface area contributed by atoms with Gasteiger partial charge in [0.1, 0.15) is 17.2 Å². The van der Waals surface area contributed by atoms with Gasteiger partial charge in [-0.15, -0.1) is 34.0 Å². The molecule has 4 aromatic heterocycles. The first kappa shape index (κ1) is 20.7. The predicted molar refractivity (Wildman–Crippen MR) is 127 cm³/mol. The van der Waals surface area contributed by atoms with Gasteiger partial charge in [-0.25, -0.2) is 14.4 Å². The number of anilines is 1. The molecule has 6 nitrogen and oxygen atoms in total. The molecule has 0 spiro atoms. The SMILES string of the molecule is O=C(Cn1cnc2scc(-c3cccs3)c2c1=O)Nc1ncc(Cc2ccc(F)cc2)s1. The monoisotopic (exact) mass is 482 g/mol. The molecule has 0 saturated carbocycles. The number of thiazole rings is 1. The predicted octanol–water partition coefficient (Wildman–Crippen LogP) is 5.01. The Bertz CT molecular complexity index is 1450. The summed E-state index contributed by atoms with van der Waals surface area (Å²) in [5, 5.41) is 7.60. The van der Waals surface area contributed by atoms with Crippen LogP contribution in [0.25, 0.3) is 20.7 Å². The normalized spacial score (nSPS) is 11.2. The molecule has 1 N–H and O–H groups in total. The molecule has 5 rings (SSSR count). The van der Waals surface area contributed by atoms with Crippen LogP contribution in [0.2, 0.25) is 0 Å². The van der Waals surface area contributed by atoms with Crippen molar-refractivity contribution < 1.29 is 9.18 Å². The lowest BCUT2D eigenvalue weighted by atomic mass is 10.1. The highest BCUT2D eigenvalue weighted by atomic mass is 32.1. The molecule has 1 aromatic carbocycles. The number of fused-ring (bicyclic) bond motifs is 1. The van der Waals surface area contributed by atoms with Gasteiger partial charge < -0.3 is 5.32 Å². The summed E-state index contributed by atoms with van der Waals surface area (Å²) in [6, 6.07) is 10.2. The van der Waals surface area contributed by atoms with Crippen LogP contribution in [0.15, 0.2) is 64.5 Å². The maximum absolute atomic E-state index is 13.1. The van der Waals surface area contributed by atoms with Crippen LogP contribution < -0.4 is 10.9 Å². The van der Waals surface area contributed by atoms with Crippen molar-refractivity contribution in [3.63, 3.8) is 0 Å². The maximum Gasteiger partial charge on any atom is 0.263 e. The van der Waals surface area contributed by atoms with Crippen LogP contribution in [0.3, 0.4) is 0 Å². The van der Waals surface area contributed by atoms with E-state index < -0.39 is 0 Å². The standard InChI is InChI=1S/C22H15FN4O2S3/c23-14-5-3-13(4-6-14)8-15-9-24-22(32-15)26-18(28)10-27-12-25-20-19(21(27)29)16(11-31-20)17-2-1-7-30-17/h1-7,9,11-12H,8,10H2,(H,24,26,28). The van der Waals surface area contributed by atoms with Crippen molar-refractivity contribution in [3.05, 3.63) is 86.3 Å². The van der Waals surface area contributed by atoms with Crippen LogP contribution in [-0.2, 0) is 17.8 Å². The van der Waals surface area contributed by atoms with Crippen LogP contribution in [0, 0.1) is 5.82 Å². The van der Waals surface area contributed by atoms with E-state index in [1.807, 2.05) is 22.9 Å². The molecule has 4 heterocycles. The van der Waals surface area contributed by atoms with Crippen molar-refractivity contribution in [2.24, 2.45) is 0 Å². The highest BCUT2D eigenvalue weighted by Gasteiger charge is 2.16. The number of aromatic nitrogens is 3. The quantitative estimate of drug-likeness (QED) is 0.369. The van der Waals surface area contributed by atoms with Gasteiger partial charge in [-0.05, 0) is 29.1 Å². The first-order valence-electron chi connectivity index (χ1n) is 9.56. The number of hydrogen-bond donors (Lipinski definition) is 1. The minimum Gasteiger partial charge on any atom is -0.300 e. The van der Waals surface area contributed by atoms with Crippen LogP contribution in [-0.4, -0.2) is 20.4 Å². The fourth-order valence-electron chi connectivity index (χ4n) is 3.26. The van der Waals surface area contributed by atoms with E-state index in [9.17, 15) is 14.0 Å². The van der Waals surface area contributed by atoms with Crippen molar-refractivity contribution in [1.82, 2.24) is 14.5 Å². The minimum absolute atomic E-state index is 0.158. The smallest absolute Gasteiger partial charge is 0.263 e. The number of thiophene rings is 2. The lowest BCUT2D eigenvalue weighted by molar-refractivity contribution is -0.116. The summed E-state index contributed by atoms with van der Waals surface area (Å²) in [5.74, 6) is -0.636. The number of amides is 1. The van der Waals surface area contributed by atoms with E-state index in [0.29, 0.717) is 21.8 Å². The Morgan fingerprint density at radius 2 is 1.97 bits per heavy atom. The molecule has 0 radical (unpaired) electrons. The Labute approximate surface area is 193 Å². The zero-order valence-corrected chi connectivity index (χ0v) is 18.9. The summed E-state index contributed by atoms with van der Waals surface area (Å²) in [4.78, 5) is 36.8. The Morgan fingerprint density at radius 3 is 2.75 bits per heavy atom. The first-order valence-corrected chi connectivity index (χ1v) is 12.1. The van der Waals surface area contributed by atoms with Crippen LogP contribution >= 0.6 is 34.0 Å². The number of benzene rings is 1. The van der Waals surface area contributed by atoms with Gasteiger partial charge in [-0.2, -0.15) is 0 Å². The number of carbonyl (C=O) groups is 1. The van der Waals surface area contributed by atoms with Gasteiger partial charge in [-0.3, -0.25) is 14.2 Å². The summed E-state index contributed by atoms with van der Waals surface area (Å²) in [6.45, 7) is -0.158. The van der Waals surface area contributed by atoms with E-state index >= 15 is 0 Å². The van der Waals surface area contributed by atoms with E-state index in [1.54, 1.807) is 29.7 Å². The number of halogens is 1. The lowest BCUT2D eigenvalue weighted by Gasteiger charge is -2.05. The Morgan fingerprint density at radius 1 is 1.12 bits per heavy atom. The highest BCUT2D eigenvalue weighted by Crippen LogP contribution is 2.33. The summed E-state index contributed by atoms with van der Waals surface area (Å²) in [7, 11) is 0. The van der Waals surface area contributed by atoms with E-state index in [1.165, 1.54) is 45.7 Å². The molecular weight excluding hydrogens is 467 g/mol. The fourth-order valence-corrected chi connectivity index (χ4v) is 5.84. The third kappa shape index (κ3) is 4.24. The molecular formula is C22H15FN4O2S3. The maximum atomic E-state index is 13.1. The average Bonchev–Trinajstić information content (AvgIpc) is 3.53. The average molecular weight is 483 g/mol. The third-order valence-electron chi connectivity index (χ3n) is 4.75. The van der Waals surface area contributed by atoms with Crippen molar-refractivity contribution in [2.75, 3.05) is 5.32 Å². The molecule has 0 aliphatic rings. The van der Waals surface area contributed by atoms with Crippen molar-refractivity contribution in [2.45, 2.75) is 13.0 Å². The molecule has 0 aliphatic heterocycles. The lowest BCUT2D eigenvalue weighted by Crippen LogP contribution is -2.27. The molecule has 5 aromatic rings. The zero-order valence-electron chi connectivity index (χ0n) is 16.4. The minimum atomic E-state index is -0.358. The summed E-state index contributed by atoms with van der Waals surface area (Å²) < 4.78 is 14.4. The number of nitrogens with one attached hydrogen (secondary N) is 1. The van der Waals surface area contributed by atoms with Gasteiger partial charge in [0.05, 0.1) is 11.7 Å². The van der Waals surface area contributed by atoms with E-state index in [-0.39, 0.29) is 23.8 Å². The molecule has 0 bridgehead atoms. The van der Waals surface area contributed by atoms with E-state index in [4.69, 9.17) is 0 Å². The largest absolute Gasteiger partial charge is 0.300 e. The van der Waals surface area contributed by atoms with Crippen molar-refractivity contribution in [3.8, 4) is 10.4 Å². The molecule has 0 unspecified atom stereocenters. The van der Waals surface area contributed by atoms with E-state index in [0.717, 1.165) is 20.9 Å². The van der Waals surface area contributed by atoms with Crippen molar-refractivity contribution in [1.29, 1.82) is 0 Å².